The van der Waals surface area contributed by atoms with Crippen LogP contribution in [0.15, 0.2) is 47.3 Å². The topological polar surface area (TPSA) is 47.3 Å². The van der Waals surface area contributed by atoms with E-state index in [0.29, 0.717) is 12.6 Å². The fourth-order valence-electron chi connectivity index (χ4n) is 1.83. The van der Waals surface area contributed by atoms with Gasteiger partial charge in [0.15, 0.2) is 0 Å². The van der Waals surface area contributed by atoms with Crippen molar-refractivity contribution in [3.05, 3.63) is 54.2 Å². The number of nitrogens with zero attached hydrogens (tertiary/aromatic N) is 1. The summed E-state index contributed by atoms with van der Waals surface area (Å²) >= 11 is 0. The van der Waals surface area contributed by atoms with E-state index in [1.807, 2.05) is 36.7 Å². The van der Waals surface area contributed by atoms with Crippen LogP contribution in [0.5, 0.6) is 0 Å². The van der Waals surface area contributed by atoms with Crippen molar-refractivity contribution >= 4 is 0 Å². The third kappa shape index (κ3) is 4.85. The van der Waals surface area contributed by atoms with E-state index in [1.54, 1.807) is 6.26 Å². The summed E-state index contributed by atoms with van der Waals surface area (Å²) in [5.41, 5.74) is 1.26. The van der Waals surface area contributed by atoms with Gasteiger partial charge < -0.3 is 14.5 Å². The van der Waals surface area contributed by atoms with Gasteiger partial charge in [-0.2, -0.15) is 0 Å². The van der Waals surface area contributed by atoms with Gasteiger partial charge in [-0.1, -0.05) is 0 Å². The van der Waals surface area contributed by atoms with E-state index in [9.17, 15) is 0 Å². The van der Waals surface area contributed by atoms with Gasteiger partial charge in [-0.3, -0.25) is 4.98 Å². The van der Waals surface area contributed by atoms with Gasteiger partial charge in [-0.15, -0.1) is 0 Å². The number of rotatable bonds is 8. The van der Waals surface area contributed by atoms with Gasteiger partial charge >= 0.3 is 0 Å². The van der Waals surface area contributed by atoms with Crippen LogP contribution in [0, 0.1) is 0 Å². The molecule has 0 aromatic carbocycles. The molecule has 0 bridgehead atoms. The molecule has 4 nitrogen and oxygen atoms in total. The lowest BCUT2D eigenvalue weighted by Gasteiger charge is -2.13. The van der Waals surface area contributed by atoms with E-state index in [4.69, 9.17) is 9.15 Å². The molecular weight excluding hydrogens is 240 g/mol. The molecule has 1 unspecified atom stereocenters. The maximum absolute atomic E-state index is 5.52. The van der Waals surface area contributed by atoms with Crippen molar-refractivity contribution in [2.75, 3.05) is 13.2 Å². The van der Waals surface area contributed by atoms with Crippen LogP contribution in [0.3, 0.4) is 0 Å². The van der Waals surface area contributed by atoms with Crippen LogP contribution < -0.4 is 5.32 Å². The average molecular weight is 260 g/mol. The molecule has 2 heterocycles. The Morgan fingerprint density at radius 3 is 2.89 bits per heavy atom. The molecule has 0 saturated carbocycles. The van der Waals surface area contributed by atoms with Crippen LogP contribution in [0.1, 0.15) is 30.7 Å². The summed E-state index contributed by atoms with van der Waals surface area (Å²) in [5.74, 6) is 0.873. The Morgan fingerprint density at radius 2 is 2.16 bits per heavy atom. The van der Waals surface area contributed by atoms with Crippen LogP contribution >= 0.6 is 0 Å². The Labute approximate surface area is 113 Å². The highest BCUT2D eigenvalue weighted by Crippen LogP contribution is 2.09. The van der Waals surface area contributed by atoms with Gasteiger partial charge in [-0.05, 0) is 49.7 Å². The Balaban J connectivity index is 1.54. The van der Waals surface area contributed by atoms with Gasteiger partial charge in [0.25, 0.3) is 0 Å². The van der Waals surface area contributed by atoms with Gasteiger partial charge in [0, 0.05) is 25.0 Å². The van der Waals surface area contributed by atoms with E-state index in [0.717, 1.165) is 25.3 Å². The molecule has 0 fully saturated rings. The molecule has 0 amide bonds. The summed E-state index contributed by atoms with van der Waals surface area (Å²) in [6.07, 6.45) is 6.28. The summed E-state index contributed by atoms with van der Waals surface area (Å²) in [6, 6.07) is 8.20. The molecule has 2 aromatic heterocycles. The van der Waals surface area contributed by atoms with E-state index in [1.165, 1.54) is 5.56 Å². The third-order valence-corrected chi connectivity index (χ3v) is 2.95. The summed E-state index contributed by atoms with van der Waals surface area (Å²) in [5, 5.41) is 3.46. The summed E-state index contributed by atoms with van der Waals surface area (Å²) < 4.78 is 10.7. The fourth-order valence-corrected chi connectivity index (χ4v) is 1.83. The Kier molecular flexibility index (Phi) is 5.59. The van der Waals surface area contributed by atoms with Crippen molar-refractivity contribution in [2.24, 2.45) is 0 Å². The van der Waals surface area contributed by atoms with E-state index in [-0.39, 0.29) is 0 Å². The normalized spacial score (nSPS) is 12.5. The van der Waals surface area contributed by atoms with Crippen LogP contribution in [-0.2, 0) is 11.3 Å². The average Bonchev–Trinajstić information content (AvgIpc) is 2.96. The van der Waals surface area contributed by atoms with Crippen LogP contribution in [-0.4, -0.2) is 18.1 Å². The first-order chi connectivity index (χ1) is 9.36. The number of ether oxygens (including phenoxy) is 1. The zero-order valence-corrected chi connectivity index (χ0v) is 11.2. The lowest BCUT2D eigenvalue weighted by Crippen LogP contribution is -2.20. The minimum Gasteiger partial charge on any atom is -0.467 e. The van der Waals surface area contributed by atoms with E-state index >= 15 is 0 Å². The van der Waals surface area contributed by atoms with Gasteiger partial charge in [0.05, 0.1) is 6.26 Å². The quantitative estimate of drug-likeness (QED) is 0.741. The first kappa shape index (κ1) is 13.8. The first-order valence-corrected chi connectivity index (χ1v) is 6.59. The van der Waals surface area contributed by atoms with Gasteiger partial charge in [0.1, 0.15) is 12.4 Å². The van der Waals surface area contributed by atoms with Crippen molar-refractivity contribution in [1.29, 1.82) is 0 Å². The molecule has 2 aromatic rings. The number of furan rings is 1. The second kappa shape index (κ2) is 7.71. The number of hydrogen-bond donors (Lipinski definition) is 1. The Hall–Kier alpha value is -1.65. The first-order valence-electron chi connectivity index (χ1n) is 6.59. The van der Waals surface area contributed by atoms with E-state index < -0.39 is 0 Å². The van der Waals surface area contributed by atoms with Crippen molar-refractivity contribution in [3.8, 4) is 0 Å². The minimum absolute atomic E-state index is 0.341. The molecule has 0 saturated heterocycles. The monoisotopic (exact) mass is 260 g/mol. The van der Waals surface area contributed by atoms with Gasteiger partial charge in [0.2, 0.25) is 0 Å². The lowest BCUT2D eigenvalue weighted by molar-refractivity contribution is 0.104. The zero-order valence-electron chi connectivity index (χ0n) is 11.2. The molecule has 102 valence electrons. The number of hydrogen-bond acceptors (Lipinski definition) is 4. The summed E-state index contributed by atoms with van der Waals surface area (Å²) in [7, 11) is 0. The van der Waals surface area contributed by atoms with Crippen molar-refractivity contribution in [2.45, 2.75) is 26.0 Å². The minimum atomic E-state index is 0.341. The maximum atomic E-state index is 5.52. The van der Waals surface area contributed by atoms with Crippen molar-refractivity contribution in [1.82, 2.24) is 10.3 Å². The standard InChI is InChI=1S/C15H20N2O2/c1-13(14-5-8-16-9-6-14)17-7-3-10-18-12-15-4-2-11-19-15/h2,4-6,8-9,11,13,17H,3,7,10,12H2,1H3. The molecule has 4 heteroatoms. The highest BCUT2D eigenvalue weighted by atomic mass is 16.5. The molecule has 2 rings (SSSR count). The molecule has 0 aliphatic carbocycles. The van der Waals surface area contributed by atoms with Gasteiger partial charge in [-0.25, -0.2) is 0 Å². The number of aromatic nitrogens is 1. The third-order valence-electron chi connectivity index (χ3n) is 2.95. The molecule has 19 heavy (non-hydrogen) atoms. The SMILES string of the molecule is CC(NCCCOCc1ccco1)c1ccncc1. The van der Waals surface area contributed by atoms with Crippen LogP contribution in [0.25, 0.3) is 0 Å². The summed E-state index contributed by atoms with van der Waals surface area (Å²) in [6.45, 7) is 4.37. The fraction of sp³-hybridized carbons (Fsp3) is 0.400. The van der Waals surface area contributed by atoms with E-state index in [2.05, 4.69) is 17.2 Å². The largest absolute Gasteiger partial charge is 0.467 e. The predicted octanol–water partition coefficient (Wildman–Crippen LogP) is 2.93. The maximum Gasteiger partial charge on any atom is 0.129 e. The molecule has 0 aliphatic rings. The second-order valence-electron chi connectivity index (χ2n) is 4.44. The summed E-state index contributed by atoms with van der Waals surface area (Å²) in [4.78, 5) is 4.02. The number of pyridine rings is 1. The second-order valence-corrected chi connectivity index (χ2v) is 4.44. The predicted molar refractivity (Wildman–Crippen MR) is 73.6 cm³/mol. The molecule has 1 N–H and O–H groups in total. The molecule has 0 aliphatic heterocycles. The highest BCUT2D eigenvalue weighted by molar-refractivity contribution is 5.13. The smallest absolute Gasteiger partial charge is 0.129 e. The molecular formula is C15H20N2O2. The molecule has 0 radical (unpaired) electrons. The van der Waals surface area contributed by atoms with Crippen molar-refractivity contribution < 1.29 is 9.15 Å². The zero-order chi connectivity index (χ0) is 13.3. The molecule has 1 atom stereocenters. The Bertz CT molecular complexity index is 442. The van der Waals surface area contributed by atoms with Crippen molar-refractivity contribution in [3.63, 3.8) is 0 Å². The number of nitrogens with one attached hydrogen (secondary N) is 1. The van der Waals surface area contributed by atoms with Crippen LogP contribution in [0.4, 0.5) is 0 Å². The highest BCUT2D eigenvalue weighted by Gasteiger charge is 2.03. The Morgan fingerprint density at radius 1 is 1.32 bits per heavy atom. The lowest BCUT2D eigenvalue weighted by atomic mass is 10.1. The van der Waals surface area contributed by atoms with Crippen LogP contribution in [0.2, 0.25) is 0 Å². The molecule has 0 spiro atoms.